The Kier molecular flexibility index (Phi) is 3.72. The van der Waals surface area contributed by atoms with Gasteiger partial charge in [0.2, 0.25) is 0 Å². The fraction of sp³-hybridized carbons (Fsp3) is 0.308. The molecule has 0 atom stereocenters. The highest BCUT2D eigenvalue weighted by Gasteiger charge is 1.99. The van der Waals surface area contributed by atoms with E-state index in [4.69, 9.17) is 5.11 Å². The predicted molar refractivity (Wildman–Crippen MR) is 66.6 cm³/mol. The van der Waals surface area contributed by atoms with Gasteiger partial charge in [0.15, 0.2) is 0 Å². The van der Waals surface area contributed by atoms with Gasteiger partial charge in [0, 0.05) is 30.4 Å². The maximum atomic E-state index is 8.70. The smallest absolute Gasteiger partial charge is 0.0722 e. The van der Waals surface area contributed by atoms with Crippen molar-refractivity contribution in [2.45, 2.75) is 12.8 Å². The normalized spacial score (nSPS) is 10.6. The Balaban J connectivity index is 2.11. The van der Waals surface area contributed by atoms with E-state index < -0.39 is 0 Å². The van der Waals surface area contributed by atoms with E-state index in [1.807, 2.05) is 30.5 Å². The number of rotatable bonds is 5. The van der Waals surface area contributed by atoms with E-state index in [-0.39, 0.29) is 6.61 Å². The van der Waals surface area contributed by atoms with Crippen molar-refractivity contribution in [1.29, 1.82) is 0 Å². The lowest BCUT2D eigenvalue weighted by Gasteiger charge is -2.08. The Hall–Kier alpha value is -1.61. The summed E-state index contributed by atoms with van der Waals surface area (Å²) in [5, 5.41) is 13.2. The van der Waals surface area contributed by atoms with Gasteiger partial charge in [-0.1, -0.05) is 18.2 Å². The zero-order chi connectivity index (χ0) is 11.2. The maximum absolute atomic E-state index is 8.70. The summed E-state index contributed by atoms with van der Waals surface area (Å²) in [6.07, 6.45) is 3.64. The van der Waals surface area contributed by atoms with Gasteiger partial charge in [0.05, 0.1) is 5.52 Å². The molecule has 3 nitrogen and oxygen atoms in total. The van der Waals surface area contributed by atoms with E-state index in [1.54, 1.807) is 0 Å². The van der Waals surface area contributed by atoms with Crippen molar-refractivity contribution in [3.63, 3.8) is 0 Å². The van der Waals surface area contributed by atoms with E-state index in [0.717, 1.165) is 36.0 Å². The summed E-state index contributed by atoms with van der Waals surface area (Å²) in [4.78, 5) is 4.31. The molecule has 2 aromatic rings. The summed E-state index contributed by atoms with van der Waals surface area (Å²) in [5.41, 5.74) is 2.12. The van der Waals surface area contributed by atoms with Gasteiger partial charge in [0.25, 0.3) is 0 Å². The number of aromatic nitrogens is 1. The van der Waals surface area contributed by atoms with E-state index in [2.05, 4.69) is 16.4 Å². The Morgan fingerprint density at radius 3 is 2.88 bits per heavy atom. The number of hydrogen-bond acceptors (Lipinski definition) is 3. The molecule has 16 heavy (non-hydrogen) atoms. The number of benzene rings is 1. The van der Waals surface area contributed by atoms with E-state index in [9.17, 15) is 0 Å². The van der Waals surface area contributed by atoms with Crippen LogP contribution in [0.5, 0.6) is 0 Å². The summed E-state index contributed by atoms with van der Waals surface area (Å²) in [6.45, 7) is 1.15. The Bertz CT molecular complexity index is 451. The van der Waals surface area contributed by atoms with E-state index in [0.29, 0.717) is 0 Å². The number of aliphatic hydroxyl groups is 1. The molecule has 0 saturated carbocycles. The number of nitrogens with one attached hydrogen (secondary N) is 1. The van der Waals surface area contributed by atoms with Gasteiger partial charge in [-0.2, -0.15) is 0 Å². The number of nitrogens with zero attached hydrogens (tertiary/aromatic N) is 1. The molecule has 0 aliphatic rings. The highest BCUT2D eigenvalue weighted by molar-refractivity contribution is 5.90. The molecule has 2 rings (SSSR count). The van der Waals surface area contributed by atoms with E-state index in [1.165, 1.54) is 0 Å². The Morgan fingerprint density at radius 1 is 1.12 bits per heavy atom. The second-order valence-electron chi connectivity index (χ2n) is 3.73. The minimum absolute atomic E-state index is 0.263. The molecule has 0 bridgehead atoms. The number of anilines is 1. The average molecular weight is 216 g/mol. The van der Waals surface area contributed by atoms with Crippen LogP contribution in [0.2, 0.25) is 0 Å². The fourth-order valence-electron chi connectivity index (χ4n) is 1.71. The average Bonchev–Trinajstić information content (AvgIpc) is 2.35. The standard InChI is InChI=1S/C13H16N2O/c16-10-4-3-8-14-13-7-9-15-12-6-2-1-5-11(12)13/h1-2,5-7,9,16H,3-4,8,10H2,(H,14,15). The van der Waals surface area contributed by atoms with Crippen LogP contribution in [-0.2, 0) is 0 Å². The number of fused-ring (bicyclic) bond motifs is 1. The van der Waals surface area contributed by atoms with Crippen LogP contribution in [-0.4, -0.2) is 23.2 Å². The first kappa shape index (κ1) is 10.9. The van der Waals surface area contributed by atoms with Gasteiger partial charge < -0.3 is 10.4 Å². The highest BCUT2D eigenvalue weighted by atomic mass is 16.2. The van der Waals surface area contributed by atoms with Crippen molar-refractivity contribution in [2.75, 3.05) is 18.5 Å². The third-order valence-corrected chi connectivity index (χ3v) is 2.55. The van der Waals surface area contributed by atoms with Crippen molar-refractivity contribution in [2.24, 2.45) is 0 Å². The molecule has 0 saturated heterocycles. The first-order valence-electron chi connectivity index (χ1n) is 5.60. The molecule has 84 valence electrons. The third kappa shape index (κ3) is 2.49. The summed E-state index contributed by atoms with van der Waals surface area (Å²) in [7, 11) is 0. The van der Waals surface area contributed by atoms with Crippen molar-refractivity contribution >= 4 is 16.6 Å². The number of hydrogen-bond donors (Lipinski definition) is 2. The largest absolute Gasteiger partial charge is 0.396 e. The predicted octanol–water partition coefficient (Wildman–Crippen LogP) is 2.42. The third-order valence-electron chi connectivity index (χ3n) is 2.55. The van der Waals surface area contributed by atoms with Crippen molar-refractivity contribution in [1.82, 2.24) is 4.98 Å². The minimum Gasteiger partial charge on any atom is -0.396 e. The molecule has 1 aromatic heterocycles. The molecule has 0 fully saturated rings. The van der Waals surface area contributed by atoms with Crippen molar-refractivity contribution in [3.8, 4) is 0 Å². The van der Waals surface area contributed by atoms with Gasteiger partial charge in [-0.05, 0) is 25.0 Å². The maximum Gasteiger partial charge on any atom is 0.0722 e. The molecule has 1 aromatic carbocycles. The molecule has 3 heteroatoms. The van der Waals surface area contributed by atoms with Gasteiger partial charge in [-0.25, -0.2) is 0 Å². The van der Waals surface area contributed by atoms with E-state index >= 15 is 0 Å². The number of unbranched alkanes of at least 4 members (excludes halogenated alkanes) is 1. The topological polar surface area (TPSA) is 45.1 Å². The van der Waals surface area contributed by atoms with Crippen LogP contribution in [0.25, 0.3) is 10.9 Å². The minimum atomic E-state index is 0.263. The lowest BCUT2D eigenvalue weighted by molar-refractivity contribution is 0.286. The first-order valence-corrected chi connectivity index (χ1v) is 5.60. The van der Waals surface area contributed by atoms with Gasteiger partial charge >= 0.3 is 0 Å². The van der Waals surface area contributed by atoms with Crippen LogP contribution in [0.1, 0.15) is 12.8 Å². The molecule has 0 aliphatic heterocycles. The molecular weight excluding hydrogens is 200 g/mol. The summed E-state index contributed by atoms with van der Waals surface area (Å²) in [6, 6.07) is 10.1. The van der Waals surface area contributed by atoms with Crippen LogP contribution in [0, 0.1) is 0 Å². The number of pyridine rings is 1. The highest BCUT2D eigenvalue weighted by Crippen LogP contribution is 2.20. The monoisotopic (exact) mass is 216 g/mol. The summed E-state index contributed by atoms with van der Waals surface area (Å²) in [5.74, 6) is 0. The Labute approximate surface area is 95.1 Å². The van der Waals surface area contributed by atoms with Gasteiger partial charge in [0.1, 0.15) is 0 Å². The van der Waals surface area contributed by atoms with Crippen molar-refractivity contribution in [3.05, 3.63) is 36.5 Å². The molecule has 0 spiro atoms. The molecule has 0 radical (unpaired) electrons. The van der Waals surface area contributed by atoms with Crippen molar-refractivity contribution < 1.29 is 5.11 Å². The molecule has 2 N–H and O–H groups in total. The molecule has 1 heterocycles. The second kappa shape index (κ2) is 5.47. The second-order valence-corrected chi connectivity index (χ2v) is 3.73. The van der Waals surface area contributed by atoms with Gasteiger partial charge in [-0.15, -0.1) is 0 Å². The molecule has 0 aliphatic carbocycles. The summed E-state index contributed by atoms with van der Waals surface area (Å²) >= 11 is 0. The number of aliphatic hydroxyl groups excluding tert-OH is 1. The molecule has 0 unspecified atom stereocenters. The number of para-hydroxylation sites is 1. The fourth-order valence-corrected chi connectivity index (χ4v) is 1.71. The van der Waals surface area contributed by atoms with Crippen LogP contribution in [0.4, 0.5) is 5.69 Å². The Morgan fingerprint density at radius 2 is 2.00 bits per heavy atom. The lowest BCUT2D eigenvalue weighted by atomic mass is 10.2. The lowest BCUT2D eigenvalue weighted by Crippen LogP contribution is -2.03. The van der Waals surface area contributed by atoms with Crippen LogP contribution in [0.15, 0.2) is 36.5 Å². The first-order chi connectivity index (χ1) is 7.92. The summed E-state index contributed by atoms with van der Waals surface area (Å²) < 4.78 is 0. The van der Waals surface area contributed by atoms with Crippen LogP contribution < -0.4 is 5.32 Å². The zero-order valence-electron chi connectivity index (χ0n) is 9.19. The van der Waals surface area contributed by atoms with Crippen LogP contribution >= 0.6 is 0 Å². The molecule has 0 amide bonds. The van der Waals surface area contributed by atoms with Gasteiger partial charge in [-0.3, -0.25) is 4.98 Å². The SMILES string of the molecule is OCCCCNc1ccnc2ccccc12. The molecular formula is C13H16N2O. The zero-order valence-corrected chi connectivity index (χ0v) is 9.19. The quantitative estimate of drug-likeness (QED) is 0.754. The van der Waals surface area contributed by atoms with Crippen LogP contribution in [0.3, 0.4) is 0 Å².